The Kier molecular flexibility index (Phi) is 9.45. The number of hydrogen-bond donors (Lipinski definition) is 2. The van der Waals surface area contributed by atoms with E-state index in [4.69, 9.17) is 4.74 Å². The molecular weight excluding hydrogens is 400 g/mol. The molecular formula is C22H34N4O3S. The van der Waals surface area contributed by atoms with Crippen molar-refractivity contribution in [2.24, 2.45) is 5.92 Å². The maximum Gasteiger partial charge on any atom is 0.313 e. The fourth-order valence-electron chi connectivity index (χ4n) is 3.87. The molecule has 0 radical (unpaired) electrons. The maximum absolute atomic E-state index is 12.2. The van der Waals surface area contributed by atoms with Gasteiger partial charge in [0, 0.05) is 45.0 Å². The topological polar surface area (TPSA) is 73.9 Å². The molecule has 1 aromatic carbocycles. The molecule has 2 saturated heterocycles. The fraction of sp³-hybridized carbons (Fsp3) is 0.636. The first-order valence-electron chi connectivity index (χ1n) is 10.8. The number of hydrogen-bond acceptors (Lipinski definition) is 6. The molecule has 0 saturated carbocycles. The van der Waals surface area contributed by atoms with Crippen LogP contribution in [0.5, 0.6) is 0 Å². The average molecular weight is 435 g/mol. The highest BCUT2D eigenvalue weighted by Crippen LogP contribution is 2.15. The second-order valence-corrected chi connectivity index (χ2v) is 9.00. The largest absolute Gasteiger partial charge is 0.379 e. The number of benzene rings is 1. The summed E-state index contributed by atoms with van der Waals surface area (Å²) in [4.78, 5) is 29.2. The van der Waals surface area contributed by atoms with E-state index in [0.717, 1.165) is 71.1 Å². The second-order valence-electron chi connectivity index (χ2n) is 8.01. The molecule has 2 amide bonds. The maximum atomic E-state index is 12.2. The van der Waals surface area contributed by atoms with E-state index in [2.05, 4.69) is 26.7 Å². The van der Waals surface area contributed by atoms with Crippen LogP contribution in [0.3, 0.4) is 0 Å². The van der Waals surface area contributed by atoms with Crippen molar-refractivity contribution < 1.29 is 14.3 Å². The number of thioether (sulfide) groups is 1. The molecule has 166 valence electrons. The van der Waals surface area contributed by atoms with Gasteiger partial charge in [0.25, 0.3) is 0 Å². The van der Waals surface area contributed by atoms with E-state index >= 15 is 0 Å². The highest BCUT2D eigenvalue weighted by Gasteiger charge is 2.24. The lowest BCUT2D eigenvalue weighted by Gasteiger charge is -2.28. The van der Waals surface area contributed by atoms with Crippen molar-refractivity contribution in [3.63, 3.8) is 0 Å². The van der Waals surface area contributed by atoms with Crippen LogP contribution in [0.2, 0.25) is 0 Å². The molecule has 30 heavy (non-hydrogen) atoms. The number of nitrogens with zero attached hydrogens (tertiary/aromatic N) is 2. The molecule has 0 aromatic heterocycles. The van der Waals surface area contributed by atoms with Gasteiger partial charge in [-0.1, -0.05) is 12.1 Å². The first kappa shape index (κ1) is 23.1. The summed E-state index contributed by atoms with van der Waals surface area (Å²) >= 11 is 1.81. The third-order valence-corrected chi connectivity index (χ3v) is 6.38. The molecule has 0 unspecified atom stereocenters. The Morgan fingerprint density at radius 3 is 2.53 bits per heavy atom. The van der Waals surface area contributed by atoms with Gasteiger partial charge in [-0.3, -0.25) is 14.5 Å². The smallest absolute Gasteiger partial charge is 0.313 e. The van der Waals surface area contributed by atoms with Crippen molar-refractivity contribution in [1.82, 2.24) is 15.1 Å². The number of morpholine rings is 1. The summed E-state index contributed by atoms with van der Waals surface area (Å²) in [5.74, 6) is 0.310. The molecule has 1 atom stereocenters. The van der Waals surface area contributed by atoms with Crippen molar-refractivity contribution in [1.29, 1.82) is 0 Å². The van der Waals surface area contributed by atoms with Crippen LogP contribution in [0.15, 0.2) is 24.3 Å². The number of aryl methyl sites for hydroxylation is 1. The molecule has 8 heteroatoms. The average Bonchev–Trinajstić information content (AvgIpc) is 3.24. The molecule has 0 spiro atoms. The van der Waals surface area contributed by atoms with Crippen LogP contribution < -0.4 is 10.6 Å². The van der Waals surface area contributed by atoms with E-state index < -0.39 is 11.8 Å². The number of ether oxygens (including phenoxy) is 1. The Morgan fingerprint density at radius 1 is 1.07 bits per heavy atom. The predicted molar refractivity (Wildman–Crippen MR) is 122 cm³/mol. The summed E-state index contributed by atoms with van der Waals surface area (Å²) in [6, 6.07) is 7.69. The molecule has 2 fully saturated rings. The molecule has 1 aromatic rings. The minimum absolute atomic E-state index is 0.405. The summed E-state index contributed by atoms with van der Waals surface area (Å²) in [6.07, 6.45) is 4.14. The van der Waals surface area contributed by atoms with Crippen LogP contribution in [-0.4, -0.2) is 92.6 Å². The van der Waals surface area contributed by atoms with Crippen LogP contribution in [0, 0.1) is 5.92 Å². The summed E-state index contributed by atoms with van der Waals surface area (Å²) in [5, 5.41) is 5.49. The molecule has 2 aliphatic heterocycles. The van der Waals surface area contributed by atoms with E-state index in [1.165, 1.54) is 5.56 Å². The zero-order chi connectivity index (χ0) is 21.2. The number of rotatable bonds is 9. The van der Waals surface area contributed by atoms with Gasteiger partial charge in [0.05, 0.1) is 13.2 Å². The Morgan fingerprint density at radius 2 is 1.80 bits per heavy atom. The summed E-state index contributed by atoms with van der Waals surface area (Å²) in [5.41, 5.74) is 1.88. The van der Waals surface area contributed by atoms with Gasteiger partial charge in [0.1, 0.15) is 0 Å². The van der Waals surface area contributed by atoms with Gasteiger partial charge in [-0.2, -0.15) is 11.8 Å². The Bertz CT molecular complexity index is 679. The van der Waals surface area contributed by atoms with Gasteiger partial charge in [-0.15, -0.1) is 0 Å². The zero-order valence-corrected chi connectivity index (χ0v) is 18.7. The monoisotopic (exact) mass is 434 g/mol. The van der Waals surface area contributed by atoms with Crippen LogP contribution in [0.1, 0.15) is 12.0 Å². The van der Waals surface area contributed by atoms with Crippen LogP contribution in [0.25, 0.3) is 0 Å². The van der Waals surface area contributed by atoms with E-state index in [1.54, 1.807) is 0 Å². The third kappa shape index (κ3) is 7.58. The van der Waals surface area contributed by atoms with Crippen molar-refractivity contribution in [3.8, 4) is 0 Å². The van der Waals surface area contributed by atoms with Gasteiger partial charge < -0.3 is 20.3 Å². The van der Waals surface area contributed by atoms with Crippen molar-refractivity contribution in [2.75, 3.05) is 76.4 Å². The molecule has 0 bridgehead atoms. The number of nitrogens with one attached hydrogen (secondary N) is 2. The van der Waals surface area contributed by atoms with E-state index in [1.807, 2.05) is 36.0 Å². The number of carbonyl (C=O) groups is 2. The lowest BCUT2D eigenvalue weighted by Crippen LogP contribution is -2.41. The van der Waals surface area contributed by atoms with E-state index in [9.17, 15) is 9.59 Å². The number of carbonyl (C=O) groups excluding carboxylic acids is 2. The highest BCUT2D eigenvalue weighted by molar-refractivity contribution is 7.98. The SMILES string of the molecule is CSCCc1ccc(NC(=O)C(=O)NC[C@H]2CCN(CCN3CCOCC3)C2)cc1. The highest BCUT2D eigenvalue weighted by atomic mass is 32.2. The lowest BCUT2D eigenvalue weighted by molar-refractivity contribution is -0.136. The molecule has 2 heterocycles. The number of likely N-dealkylation sites (tertiary alicyclic amines) is 1. The summed E-state index contributed by atoms with van der Waals surface area (Å²) in [7, 11) is 0. The molecule has 2 aliphatic rings. The van der Waals surface area contributed by atoms with Crippen molar-refractivity contribution >= 4 is 29.3 Å². The second kappa shape index (κ2) is 12.3. The molecule has 2 N–H and O–H groups in total. The van der Waals surface area contributed by atoms with Gasteiger partial charge in [0.2, 0.25) is 0 Å². The third-order valence-electron chi connectivity index (χ3n) is 5.77. The van der Waals surface area contributed by atoms with Crippen LogP contribution >= 0.6 is 11.8 Å². The van der Waals surface area contributed by atoms with Gasteiger partial charge >= 0.3 is 11.8 Å². The Hall–Kier alpha value is -1.61. The minimum atomic E-state index is -0.603. The quantitative estimate of drug-likeness (QED) is 0.571. The van der Waals surface area contributed by atoms with Crippen LogP contribution in [-0.2, 0) is 20.7 Å². The van der Waals surface area contributed by atoms with Crippen LogP contribution in [0.4, 0.5) is 5.69 Å². The first-order valence-corrected chi connectivity index (χ1v) is 12.2. The van der Waals surface area contributed by atoms with E-state index in [0.29, 0.717) is 18.2 Å². The molecule has 3 rings (SSSR count). The number of anilines is 1. The summed E-state index contributed by atoms with van der Waals surface area (Å²) in [6.45, 7) is 8.40. The Labute approximate surface area is 183 Å². The van der Waals surface area contributed by atoms with Gasteiger partial charge in [0.15, 0.2) is 0 Å². The summed E-state index contributed by atoms with van der Waals surface area (Å²) < 4.78 is 5.39. The van der Waals surface area contributed by atoms with Crippen molar-refractivity contribution in [2.45, 2.75) is 12.8 Å². The number of amides is 2. The first-order chi connectivity index (χ1) is 14.6. The lowest BCUT2D eigenvalue weighted by atomic mass is 10.1. The van der Waals surface area contributed by atoms with Crippen molar-refractivity contribution in [3.05, 3.63) is 29.8 Å². The molecule has 7 nitrogen and oxygen atoms in total. The standard InChI is InChI=1S/C22H34N4O3S/c1-30-15-7-18-2-4-20(5-3-18)24-22(28)21(27)23-16-19-6-8-26(17-19)10-9-25-11-13-29-14-12-25/h2-5,19H,6-17H2,1H3,(H,23,27)(H,24,28)/t19-/m1/s1. The minimum Gasteiger partial charge on any atom is -0.379 e. The normalized spacial score (nSPS) is 20.2. The van der Waals surface area contributed by atoms with Gasteiger partial charge in [-0.05, 0) is 55.0 Å². The fourth-order valence-corrected chi connectivity index (χ4v) is 4.31. The zero-order valence-electron chi connectivity index (χ0n) is 17.9. The van der Waals surface area contributed by atoms with Gasteiger partial charge in [-0.25, -0.2) is 0 Å². The van der Waals surface area contributed by atoms with E-state index in [-0.39, 0.29) is 0 Å². The molecule has 0 aliphatic carbocycles. The Balaban J connectivity index is 1.32. The predicted octanol–water partition coefficient (Wildman–Crippen LogP) is 1.30.